The van der Waals surface area contributed by atoms with Gasteiger partial charge in [-0.25, -0.2) is 0 Å². The Morgan fingerprint density at radius 3 is 2.83 bits per heavy atom. The molecule has 0 aliphatic carbocycles. The van der Waals surface area contributed by atoms with Crippen molar-refractivity contribution in [2.24, 2.45) is 11.3 Å². The van der Waals surface area contributed by atoms with Crippen molar-refractivity contribution < 1.29 is 4.79 Å². The highest BCUT2D eigenvalue weighted by Gasteiger charge is 2.23. The van der Waals surface area contributed by atoms with Gasteiger partial charge in [-0.3, -0.25) is 9.69 Å². The summed E-state index contributed by atoms with van der Waals surface area (Å²) in [6.45, 7) is 9.56. The molecule has 1 heterocycles. The number of amides is 1. The molecule has 0 aromatic heterocycles. The van der Waals surface area contributed by atoms with Crippen molar-refractivity contribution in [1.82, 2.24) is 10.2 Å². The molecular weight excluding hydrogens is 298 g/mol. The Morgan fingerprint density at radius 1 is 1.38 bits per heavy atom. The zero-order valence-electron chi connectivity index (χ0n) is 15.1. The maximum absolute atomic E-state index is 11.9. The number of carbonyl (C=O) groups is 1. The standard InChI is InChI=1S/C20H29N3O/c1-20(2,3)19(24)22-11-10-16-7-6-12-23(14-16)15-18-9-5-4-8-17(18)13-21/h4-5,8-9,16H,6-7,10-12,14-15H2,1-3H3,(H,22,24)/t16-/m1/s1. The van der Waals surface area contributed by atoms with E-state index < -0.39 is 0 Å². The largest absolute Gasteiger partial charge is 0.356 e. The Morgan fingerprint density at radius 2 is 2.12 bits per heavy atom. The van der Waals surface area contributed by atoms with E-state index >= 15 is 0 Å². The summed E-state index contributed by atoms with van der Waals surface area (Å²) in [6, 6.07) is 10.1. The minimum Gasteiger partial charge on any atom is -0.356 e. The number of carbonyl (C=O) groups excluding carboxylic acids is 1. The summed E-state index contributed by atoms with van der Waals surface area (Å²) < 4.78 is 0. The highest BCUT2D eigenvalue weighted by molar-refractivity contribution is 5.81. The average Bonchev–Trinajstić information content (AvgIpc) is 2.55. The first-order valence-corrected chi connectivity index (χ1v) is 8.89. The highest BCUT2D eigenvalue weighted by atomic mass is 16.2. The van der Waals surface area contributed by atoms with E-state index in [-0.39, 0.29) is 11.3 Å². The van der Waals surface area contributed by atoms with Gasteiger partial charge in [0.2, 0.25) is 5.91 Å². The van der Waals surface area contributed by atoms with Crippen LogP contribution in [0.4, 0.5) is 0 Å². The first kappa shape index (κ1) is 18.5. The maximum atomic E-state index is 11.9. The van der Waals surface area contributed by atoms with Gasteiger partial charge in [0.05, 0.1) is 11.6 Å². The minimum absolute atomic E-state index is 0.123. The van der Waals surface area contributed by atoms with Gasteiger partial charge in [0, 0.05) is 25.0 Å². The molecule has 4 heteroatoms. The summed E-state index contributed by atoms with van der Waals surface area (Å²) in [5.74, 6) is 0.742. The lowest BCUT2D eigenvalue weighted by Gasteiger charge is -2.33. The molecule has 4 nitrogen and oxygen atoms in total. The molecule has 2 rings (SSSR count). The van der Waals surface area contributed by atoms with Gasteiger partial charge in [0.15, 0.2) is 0 Å². The number of hydrogen-bond acceptors (Lipinski definition) is 3. The van der Waals surface area contributed by atoms with Crippen molar-refractivity contribution >= 4 is 5.91 Å². The molecule has 1 aliphatic heterocycles. The first-order chi connectivity index (χ1) is 11.4. The van der Waals surface area contributed by atoms with Gasteiger partial charge >= 0.3 is 0 Å². The lowest BCUT2D eigenvalue weighted by molar-refractivity contribution is -0.128. The second kappa shape index (κ2) is 8.30. The van der Waals surface area contributed by atoms with Crippen LogP contribution in [0.25, 0.3) is 0 Å². The van der Waals surface area contributed by atoms with E-state index in [0.29, 0.717) is 5.92 Å². The molecule has 1 aliphatic rings. The van der Waals surface area contributed by atoms with Crippen molar-refractivity contribution in [2.75, 3.05) is 19.6 Å². The number of benzene rings is 1. The number of nitriles is 1. The Balaban J connectivity index is 1.82. The molecule has 0 unspecified atom stereocenters. The van der Waals surface area contributed by atoms with Crippen molar-refractivity contribution in [3.05, 3.63) is 35.4 Å². The second-order valence-corrected chi connectivity index (χ2v) is 7.81. The number of rotatable bonds is 5. The average molecular weight is 327 g/mol. The number of hydrogen-bond donors (Lipinski definition) is 1. The molecule has 130 valence electrons. The molecule has 1 aromatic carbocycles. The lowest BCUT2D eigenvalue weighted by atomic mass is 9.93. The number of nitrogens with one attached hydrogen (secondary N) is 1. The fourth-order valence-electron chi connectivity index (χ4n) is 3.19. The molecule has 0 bridgehead atoms. The molecule has 1 aromatic rings. The topological polar surface area (TPSA) is 56.1 Å². The number of likely N-dealkylation sites (tertiary alicyclic amines) is 1. The second-order valence-electron chi connectivity index (χ2n) is 7.81. The Labute approximate surface area is 145 Å². The summed E-state index contributed by atoms with van der Waals surface area (Å²) in [5.41, 5.74) is 1.57. The summed E-state index contributed by atoms with van der Waals surface area (Å²) in [6.07, 6.45) is 3.44. The van der Waals surface area contributed by atoms with Gasteiger partial charge in [-0.1, -0.05) is 39.0 Å². The van der Waals surface area contributed by atoms with Crippen molar-refractivity contribution in [3.63, 3.8) is 0 Å². The van der Waals surface area contributed by atoms with E-state index in [9.17, 15) is 10.1 Å². The van der Waals surface area contributed by atoms with Gasteiger partial charge in [0.25, 0.3) is 0 Å². The Hall–Kier alpha value is -1.86. The zero-order valence-corrected chi connectivity index (χ0v) is 15.1. The molecule has 0 saturated carbocycles. The van der Waals surface area contributed by atoms with Crippen molar-refractivity contribution in [1.29, 1.82) is 5.26 Å². The summed E-state index contributed by atoms with van der Waals surface area (Å²) in [7, 11) is 0. The molecule has 1 amide bonds. The van der Waals surface area contributed by atoms with E-state index in [0.717, 1.165) is 43.7 Å². The van der Waals surface area contributed by atoms with Crippen LogP contribution in [0.15, 0.2) is 24.3 Å². The van der Waals surface area contributed by atoms with Gasteiger partial charge < -0.3 is 5.32 Å². The lowest BCUT2D eigenvalue weighted by Crippen LogP contribution is -2.39. The summed E-state index contributed by atoms with van der Waals surface area (Å²) in [4.78, 5) is 14.4. The van der Waals surface area contributed by atoms with E-state index in [1.165, 1.54) is 12.8 Å². The van der Waals surface area contributed by atoms with E-state index in [4.69, 9.17) is 0 Å². The highest BCUT2D eigenvalue weighted by Crippen LogP contribution is 2.22. The van der Waals surface area contributed by atoms with E-state index in [1.54, 1.807) is 0 Å². The Kier molecular flexibility index (Phi) is 6.39. The third-order valence-corrected chi connectivity index (χ3v) is 4.65. The molecule has 1 fully saturated rings. The van der Waals surface area contributed by atoms with Crippen LogP contribution in [0.3, 0.4) is 0 Å². The number of piperidine rings is 1. The molecule has 24 heavy (non-hydrogen) atoms. The molecule has 1 atom stereocenters. The summed E-state index contributed by atoms with van der Waals surface area (Å²) >= 11 is 0. The minimum atomic E-state index is -0.320. The SMILES string of the molecule is CC(C)(C)C(=O)NCC[C@H]1CCCN(Cc2ccccc2C#N)C1. The van der Waals surface area contributed by atoms with Crippen LogP contribution < -0.4 is 5.32 Å². The maximum Gasteiger partial charge on any atom is 0.225 e. The quantitative estimate of drug-likeness (QED) is 0.902. The van der Waals surface area contributed by atoms with E-state index in [1.807, 2.05) is 45.0 Å². The van der Waals surface area contributed by atoms with Crippen LogP contribution in [0, 0.1) is 22.7 Å². The van der Waals surface area contributed by atoms with Crippen LogP contribution in [0.1, 0.15) is 51.2 Å². The van der Waals surface area contributed by atoms with Crippen molar-refractivity contribution in [3.8, 4) is 6.07 Å². The molecule has 1 N–H and O–H groups in total. The molecule has 0 spiro atoms. The van der Waals surface area contributed by atoms with Crippen LogP contribution in [-0.4, -0.2) is 30.4 Å². The van der Waals surface area contributed by atoms with Gasteiger partial charge in [-0.2, -0.15) is 5.26 Å². The molecule has 0 radical (unpaired) electrons. The van der Waals surface area contributed by atoms with Crippen molar-refractivity contribution in [2.45, 2.75) is 46.6 Å². The van der Waals surface area contributed by atoms with Crippen LogP contribution in [0.5, 0.6) is 0 Å². The third-order valence-electron chi connectivity index (χ3n) is 4.65. The predicted molar refractivity (Wildman–Crippen MR) is 96.2 cm³/mol. The Bertz CT molecular complexity index is 598. The van der Waals surface area contributed by atoms with Gasteiger partial charge in [0.1, 0.15) is 0 Å². The van der Waals surface area contributed by atoms with Gasteiger partial charge in [-0.05, 0) is 43.4 Å². The monoisotopic (exact) mass is 327 g/mol. The van der Waals surface area contributed by atoms with Crippen LogP contribution in [-0.2, 0) is 11.3 Å². The van der Waals surface area contributed by atoms with E-state index in [2.05, 4.69) is 16.3 Å². The first-order valence-electron chi connectivity index (χ1n) is 8.89. The van der Waals surface area contributed by atoms with Crippen LogP contribution in [0.2, 0.25) is 0 Å². The summed E-state index contributed by atoms with van der Waals surface area (Å²) in [5, 5.41) is 12.3. The number of nitrogens with zero attached hydrogens (tertiary/aromatic N) is 2. The zero-order chi connectivity index (χ0) is 17.6. The van der Waals surface area contributed by atoms with Crippen LogP contribution >= 0.6 is 0 Å². The normalized spacial score (nSPS) is 18.8. The predicted octanol–water partition coefficient (Wildman–Crippen LogP) is 3.32. The molecule has 1 saturated heterocycles. The van der Waals surface area contributed by atoms with Gasteiger partial charge in [-0.15, -0.1) is 0 Å². The molecular formula is C20H29N3O. The fourth-order valence-corrected chi connectivity index (χ4v) is 3.19. The fraction of sp³-hybridized carbons (Fsp3) is 0.600. The third kappa shape index (κ3) is 5.35. The smallest absolute Gasteiger partial charge is 0.225 e.